The Bertz CT molecular complexity index is 321. The van der Waals surface area contributed by atoms with Gasteiger partial charge in [-0.25, -0.2) is 4.98 Å². The number of nitrogens with two attached hydrogens (primary N) is 1. The summed E-state index contributed by atoms with van der Waals surface area (Å²) in [5.41, 5.74) is 5.62. The summed E-state index contributed by atoms with van der Waals surface area (Å²) in [7, 11) is 0. The first kappa shape index (κ1) is 11.0. The Morgan fingerprint density at radius 1 is 1.60 bits per heavy atom. The molecule has 0 saturated carbocycles. The van der Waals surface area contributed by atoms with Crippen LogP contribution < -0.4 is 11.1 Å². The predicted molar refractivity (Wildman–Crippen MR) is 68.1 cm³/mol. The fourth-order valence-electron chi connectivity index (χ4n) is 1.49. The van der Waals surface area contributed by atoms with Crippen LogP contribution in [0.1, 0.15) is 6.42 Å². The average Bonchev–Trinajstić information content (AvgIpc) is 2.65. The molecule has 1 unspecified atom stereocenters. The van der Waals surface area contributed by atoms with Crippen LogP contribution in [0, 0.1) is 5.92 Å². The van der Waals surface area contributed by atoms with Crippen molar-refractivity contribution in [3.63, 3.8) is 0 Å². The fraction of sp³-hybridized carbons (Fsp3) is 0.556. The molecule has 1 aromatic heterocycles. The van der Waals surface area contributed by atoms with E-state index in [0.29, 0.717) is 11.8 Å². The SMILES string of the molecule is Nc1cc(Br)nc(NCC2CCSC2)n1. The molecular formula is C9H13BrN4S. The smallest absolute Gasteiger partial charge is 0.225 e. The normalized spacial score (nSPS) is 20.5. The number of hydrogen-bond acceptors (Lipinski definition) is 5. The van der Waals surface area contributed by atoms with Crippen molar-refractivity contribution >= 4 is 39.5 Å². The van der Waals surface area contributed by atoms with Crippen LogP contribution in [-0.4, -0.2) is 28.0 Å². The molecule has 0 amide bonds. The van der Waals surface area contributed by atoms with Crippen LogP contribution in [0.25, 0.3) is 0 Å². The lowest BCUT2D eigenvalue weighted by molar-refractivity contribution is 0.629. The second kappa shape index (κ2) is 5.03. The van der Waals surface area contributed by atoms with E-state index in [1.54, 1.807) is 6.07 Å². The van der Waals surface area contributed by atoms with E-state index in [1.165, 1.54) is 17.9 Å². The van der Waals surface area contributed by atoms with Gasteiger partial charge in [-0.1, -0.05) is 0 Å². The van der Waals surface area contributed by atoms with E-state index in [9.17, 15) is 0 Å². The molecule has 3 N–H and O–H groups in total. The monoisotopic (exact) mass is 288 g/mol. The minimum absolute atomic E-state index is 0.486. The Kier molecular flexibility index (Phi) is 3.69. The number of nitrogens with one attached hydrogen (secondary N) is 1. The van der Waals surface area contributed by atoms with Gasteiger partial charge in [0.1, 0.15) is 10.4 Å². The minimum atomic E-state index is 0.486. The summed E-state index contributed by atoms with van der Waals surface area (Å²) in [5, 5.41) is 3.22. The zero-order chi connectivity index (χ0) is 10.7. The molecule has 6 heteroatoms. The summed E-state index contributed by atoms with van der Waals surface area (Å²) < 4.78 is 0.721. The van der Waals surface area contributed by atoms with Crippen molar-refractivity contribution in [3.8, 4) is 0 Å². The van der Waals surface area contributed by atoms with E-state index in [2.05, 4.69) is 31.2 Å². The van der Waals surface area contributed by atoms with Gasteiger partial charge in [0.15, 0.2) is 0 Å². The van der Waals surface area contributed by atoms with Crippen molar-refractivity contribution in [2.45, 2.75) is 6.42 Å². The lowest BCUT2D eigenvalue weighted by Gasteiger charge is -2.10. The molecule has 1 aliphatic heterocycles. The topological polar surface area (TPSA) is 63.8 Å². The predicted octanol–water partition coefficient (Wildman–Crippen LogP) is 1.99. The molecule has 1 fully saturated rings. The first-order valence-electron chi connectivity index (χ1n) is 4.86. The maximum Gasteiger partial charge on any atom is 0.225 e. The zero-order valence-electron chi connectivity index (χ0n) is 8.24. The Hall–Kier alpha value is -0.490. The van der Waals surface area contributed by atoms with Crippen molar-refractivity contribution < 1.29 is 0 Å². The third kappa shape index (κ3) is 3.24. The molecule has 0 aliphatic carbocycles. The number of thioether (sulfide) groups is 1. The van der Waals surface area contributed by atoms with E-state index in [-0.39, 0.29) is 0 Å². The summed E-state index contributed by atoms with van der Waals surface area (Å²) in [4.78, 5) is 8.32. The standard InChI is InChI=1S/C9H13BrN4S/c10-7-3-8(11)14-9(13-7)12-4-6-1-2-15-5-6/h3,6H,1-2,4-5H2,(H3,11,12,13,14). The van der Waals surface area contributed by atoms with Crippen molar-refractivity contribution in [1.82, 2.24) is 9.97 Å². The molecular weight excluding hydrogens is 276 g/mol. The van der Waals surface area contributed by atoms with Crippen LogP contribution in [-0.2, 0) is 0 Å². The van der Waals surface area contributed by atoms with Crippen molar-refractivity contribution in [1.29, 1.82) is 0 Å². The van der Waals surface area contributed by atoms with Crippen LogP contribution in [0.2, 0.25) is 0 Å². The molecule has 0 bridgehead atoms. The molecule has 1 aromatic rings. The summed E-state index contributed by atoms with van der Waals surface area (Å²) in [6.07, 6.45) is 1.28. The fourth-order valence-corrected chi connectivity index (χ4v) is 3.18. The van der Waals surface area contributed by atoms with Crippen molar-refractivity contribution in [2.75, 3.05) is 29.1 Å². The molecule has 2 rings (SSSR count). The molecule has 1 aliphatic rings. The first-order chi connectivity index (χ1) is 7.24. The van der Waals surface area contributed by atoms with E-state index in [0.717, 1.165) is 17.1 Å². The molecule has 15 heavy (non-hydrogen) atoms. The van der Waals surface area contributed by atoms with Gasteiger partial charge in [-0.3, -0.25) is 0 Å². The maximum atomic E-state index is 5.62. The highest BCUT2D eigenvalue weighted by atomic mass is 79.9. The molecule has 1 saturated heterocycles. The quantitative estimate of drug-likeness (QED) is 0.833. The van der Waals surface area contributed by atoms with E-state index in [1.807, 2.05) is 11.8 Å². The molecule has 1 atom stereocenters. The first-order valence-corrected chi connectivity index (χ1v) is 6.80. The lowest BCUT2D eigenvalue weighted by Crippen LogP contribution is -2.15. The van der Waals surface area contributed by atoms with Gasteiger partial charge in [0.25, 0.3) is 0 Å². The van der Waals surface area contributed by atoms with Gasteiger partial charge in [-0.05, 0) is 39.8 Å². The van der Waals surface area contributed by atoms with Crippen LogP contribution in [0.4, 0.5) is 11.8 Å². The van der Waals surface area contributed by atoms with Gasteiger partial charge in [-0.2, -0.15) is 16.7 Å². The number of halogens is 1. The van der Waals surface area contributed by atoms with Gasteiger partial charge < -0.3 is 11.1 Å². The summed E-state index contributed by atoms with van der Waals surface area (Å²) in [6.45, 7) is 0.933. The Morgan fingerprint density at radius 2 is 2.47 bits per heavy atom. The molecule has 4 nitrogen and oxygen atoms in total. The Balaban J connectivity index is 1.92. The Morgan fingerprint density at radius 3 is 3.13 bits per heavy atom. The van der Waals surface area contributed by atoms with Crippen LogP contribution in [0.3, 0.4) is 0 Å². The van der Waals surface area contributed by atoms with Crippen molar-refractivity contribution in [3.05, 3.63) is 10.7 Å². The zero-order valence-corrected chi connectivity index (χ0v) is 10.6. The number of hydrogen-bond donors (Lipinski definition) is 2. The summed E-state index contributed by atoms with van der Waals surface area (Å²) in [6, 6.07) is 1.69. The molecule has 82 valence electrons. The van der Waals surface area contributed by atoms with Crippen LogP contribution >= 0.6 is 27.7 Å². The number of nitrogen functional groups attached to an aromatic ring is 1. The van der Waals surface area contributed by atoms with E-state index < -0.39 is 0 Å². The van der Waals surface area contributed by atoms with Crippen LogP contribution in [0.5, 0.6) is 0 Å². The van der Waals surface area contributed by atoms with Gasteiger partial charge in [0.05, 0.1) is 0 Å². The molecule has 0 radical (unpaired) electrons. The second-order valence-corrected chi connectivity index (χ2v) is 5.51. The maximum absolute atomic E-state index is 5.62. The third-order valence-electron chi connectivity index (χ3n) is 2.29. The van der Waals surface area contributed by atoms with Crippen molar-refractivity contribution in [2.24, 2.45) is 5.92 Å². The second-order valence-electron chi connectivity index (χ2n) is 3.55. The van der Waals surface area contributed by atoms with E-state index in [4.69, 9.17) is 5.73 Å². The van der Waals surface area contributed by atoms with E-state index >= 15 is 0 Å². The highest BCUT2D eigenvalue weighted by Crippen LogP contribution is 2.23. The molecule has 0 spiro atoms. The number of anilines is 2. The summed E-state index contributed by atoms with van der Waals surface area (Å²) >= 11 is 5.30. The van der Waals surface area contributed by atoms with Gasteiger partial charge in [0.2, 0.25) is 5.95 Å². The molecule has 2 heterocycles. The summed E-state index contributed by atoms with van der Waals surface area (Å²) in [5.74, 6) is 4.34. The number of aromatic nitrogens is 2. The average molecular weight is 289 g/mol. The highest BCUT2D eigenvalue weighted by Gasteiger charge is 2.15. The number of rotatable bonds is 3. The van der Waals surface area contributed by atoms with Gasteiger partial charge in [-0.15, -0.1) is 0 Å². The van der Waals surface area contributed by atoms with Gasteiger partial charge >= 0.3 is 0 Å². The Labute approximate surface area is 102 Å². The van der Waals surface area contributed by atoms with Crippen LogP contribution in [0.15, 0.2) is 10.7 Å². The largest absolute Gasteiger partial charge is 0.383 e. The highest BCUT2D eigenvalue weighted by molar-refractivity contribution is 9.10. The third-order valence-corrected chi connectivity index (χ3v) is 3.93. The van der Waals surface area contributed by atoms with Gasteiger partial charge in [0, 0.05) is 12.6 Å². The lowest BCUT2D eigenvalue weighted by atomic mass is 10.1. The number of nitrogens with zero attached hydrogens (tertiary/aromatic N) is 2. The minimum Gasteiger partial charge on any atom is -0.383 e. The molecule has 0 aromatic carbocycles.